The van der Waals surface area contributed by atoms with Crippen molar-refractivity contribution >= 4 is 25.3 Å². The van der Waals surface area contributed by atoms with Crippen LogP contribution < -0.4 is 0 Å². The summed E-state index contributed by atoms with van der Waals surface area (Å²) in [4.78, 5) is 22.2. The van der Waals surface area contributed by atoms with Crippen molar-refractivity contribution in [1.29, 1.82) is 0 Å². The molecule has 39 heavy (non-hydrogen) atoms. The third-order valence-electron chi connectivity index (χ3n) is 6.97. The van der Waals surface area contributed by atoms with Crippen molar-refractivity contribution in [2.24, 2.45) is 0 Å². The Balaban J connectivity index is 2.25. The first-order valence-corrected chi connectivity index (χ1v) is 17.9. The molecule has 0 spiro atoms. The van der Waals surface area contributed by atoms with Crippen LogP contribution in [0.25, 0.3) is 0 Å². The lowest BCUT2D eigenvalue weighted by molar-refractivity contribution is 0.0275. The molecule has 0 aromatic heterocycles. The number of hydrogen-bond acceptors (Lipinski definition) is 6. The molecule has 6 nitrogen and oxygen atoms in total. The molecular weight excluding hydrogens is 531 g/mol. The topological polar surface area (TPSA) is 82.1 Å². The summed E-state index contributed by atoms with van der Waals surface area (Å²) < 4.78 is 28.1. The first kappa shape index (κ1) is 36.2. The fraction of sp³-hybridized carbons (Fsp3) is 0.774. The zero-order valence-corrected chi connectivity index (χ0v) is 26.5. The molecule has 0 heterocycles. The van der Waals surface area contributed by atoms with Crippen LogP contribution in [0.5, 0.6) is 0 Å². The van der Waals surface area contributed by atoms with Crippen molar-refractivity contribution in [3.05, 3.63) is 35.9 Å². The molecule has 3 atom stereocenters. The van der Waals surface area contributed by atoms with E-state index in [1.165, 1.54) is 82.6 Å². The van der Waals surface area contributed by atoms with E-state index in [0.29, 0.717) is 18.3 Å². The highest BCUT2D eigenvalue weighted by Crippen LogP contribution is 2.45. The van der Waals surface area contributed by atoms with Gasteiger partial charge in [-0.3, -0.25) is 4.52 Å². The molecule has 0 amide bonds. The highest BCUT2D eigenvalue weighted by Gasteiger charge is 2.34. The van der Waals surface area contributed by atoms with Gasteiger partial charge in [0.05, 0.1) is 24.8 Å². The van der Waals surface area contributed by atoms with Crippen molar-refractivity contribution in [2.45, 2.75) is 136 Å². The van der Waals surface area contributed by atoms with Crippen LogP contribution in [-0.2, 0) is 18.0 Å². The van der Waals surface area contributed by atoms with E-state index in [-0.39, 0.29) is 12.7 Å². The minimum absolute atomic E-state index is 0.126. The Labute approximate surface area is 243 Å². The molecule has 0 bridgehead atoms. The van der Waals surface area contributed by atoms with Crippen molar-refractivity contribution < 1.29 is 27.7 Å². The summed E-state index contributed by atoms with van der Waals surface area (Å²) in [5.74, 6) is 0.930. The van der Waals surface area contributed by atoms with E-state index in [1.807, 2.05) is 6.07 Å². The van der Waals surface area contributed by atoms with Crippen molar-refractivity contribution in [2.75, 3.05) is 19.0 Å². The van der Waals surface area contributed by atoms with E-state index < -0.39 is 13.3 Å². The maximum Gasteiger partial charge on any atom is 0.437 e. The van der Waals surface area contributed by atoms with Crippen LogP contribution in [0, 0.1) is 0 Å². The van der Waals surface area contributed by atoms with Crippen LogP contribution >= 0.6 is 19.6 Å². The van der Waals surface area contributed by atoms with E-state index >= 15 is 0 Å². The van der Waals surface area contributed by atoms with Crippen molar-refractivity contribution in [1.82, 2.24) is 0 Å². The highest BCUT2D eigenvalue weighted by molar-refractivity contribution is 7.95. The molecule has 1 N–H and O–H groups in total. The summed E-state index contributed by atoms with van der Waals surface area (Å²) in [5, 5.41) is 0. The van der Waals surface area contributed by atoms with Gasteiger partial charge in [0.25, 0.3) is 0 Å². The minimum Gasteiger partial charge on any atom is -0.382 e. The average Bonchev–Trinajstić information content (AvgIpc) is 2.94. The Bertz CT molecular complexity index is 763. The fourth-order valence-corrected chi connectivity index (χ4v) is 6.15. The third kappa shape index (κ3) is 19.0. The van der Waals surface area contributed by atoms with Crippen LogP contribution in [-0.4, -0.2) is 35.7 Å². The van der Waals surface area contributed by atoms with Crippen LogP contribution in [0.15, 0.2) is 30.3 Å². The Kier molecular flexibility index (Phi) is 22.1. The standard InChI is InChI=1S/C31H55O6PS/c1-4-6-8-10-12-13-15-20-25-35-28(3)27-36-38(33,34)31(32)37-39-26-24-30(29-21-18-16-19-22-29)23-17-14-11-9-7-5-2/h16,18-19,21-22,28,30H,4-15,17,20,23-27H2,1-3H3,(H,33,34). The number of carbonyl (C=O) groups is 1. The monoisotopic (exact) mass is 586 g/mol. The van der Waals surface area contributed by atoms with Gasteiger partial charge in [0.2, 0.25) is 0 Å². The van der Waals surface area contributed by atoms with Gasteiger partial charge in [0.1, 0.15) is 0 Å². The third-order valence-corrected chi connectivity index (χ3v) is 8.82. The number of benzene rings is 1. The molecule has 0 aliphatic rings. The predicted molar refractivity (Wildman–Crippen MR) is 165 cm³/mol. The molecule has 8 heteroatoms. The molecule has 0 aliphatic carbocycles. The van der Waals surface area contributed by atoms with E-state index in [0.717, 1.165) is 37.7 Å². The van der Waals surface area contributed by atoms with E-state index in [1.54, 1.807) is 6.92 Å². The van der Waals surface area contributed by atoms with Crippen molar-refractivity contribution in [3.63, 3.8) is 0 Å². The normalized spacial score (nSPS) is 14.6. The average molecular weight is 587 g/mol. The summed E-state index contributed by atoms with van der Waals surface area (Å²) in [7, 11) is -4.52. The molecule has 0 aliphatic heterocycles. The Morgan fingerprint density at radius 3 is 2.03 bits per heavy atom. The van der Waals surface area contributed by atoms with Gasteiger partial charge >= 0.3 is 13.3 Å². The van der Waals surface area contributed by atoms with Gasteiger partial charge in [0.15, 0.2) is 0 Å². The number of rotatable bonds is 26. The Hall–Kier alpha value is -0.850. The van der Waals surface area contributed by atoms with E-state index in [2.05, 4.69) is 38.1 Å². The molecule has 1 aromatic rings. The van der Waals surface area contributed by atoms with Gasteiger partial charge in [-0.15, -0.1) is 0 Å². The van der Waals surface area contributed by atoms with Crippen LogP contribution in [0.1, 0.15) is 135 Å². The SMILES string of the molecule is CCCCCCCCCCOC(C)COP(=O)(O)C(=O)OSCCC(CCCCCCCC)c1ccccc1. The summed E-state index contributed by atoms with van der Waals surface area (Å²) in [5.41, 5.74) is 0.0741. The number of ether oxygens (including phenoxy) is 1. The zero-order chi connectivity index (χ0) is 28.6. The van der Waals surface area contributed by atoms with Gasteiger partial charge in [-0.05, 0) is 37.7 Å². The molecular formula is C31H55O6PS. The molecule has 3 unspecified atom stereocenters. The Morgan fingerprint density at radius 1 is 0.846 bits per heavy atom. The second-order valence-electron chi connectivity index (χ2n) is 10.6. The first-order valence-electron chi connectivity index (χ1n) is 15.4. The van der Waals surface area contributed by atoms with Gasteiger partial charge in [-0.25, -0.2) is 9.36 Å². The molecule has 0 saturated heterocycles. The molecule has 1 aromatic carbocycles. The number of carbonyl (C=O) groups excluding carboxylic acids is 1. The maximum atomic E-state index is 12.3. The summed E-state index contributed by atoms with van der Waals surface area (Å²) in [6.45, 7) is 6.68. The lowest BCUT2D eigenvalue weighted by atomic mass is 9.91. The second-order valence-corrected chi connectivity index (χ2v) is 13.1. The van der Waals surface area contributed by atoms with E-state index in [9.17, 15) is 14.3 Å². The van der Waals surface area contributed by atoms with Crippen molar-refractivity contribution in [3.8, 4) is 0 Å². The largest absolute Gasteiger partial charge is 0.437 e. The van der Waals surface area contributed by atoms with Gasteiger partial charge in [-0.2, -0.15) is 0 Å². The van der Waals surface area contributed by atoms with E-state index in [4.69, 9.17) is 13.4 Å². The summed E-state index contributed by atoms with van der Waals surface area (Å²) >= 11 is 0.930. The second kappa shape index (κ2) is 23.8. The van der Waals surface area contributed by atoms with Crippen LogP contribution in [0.4, 0.5) is 4.79 Å². The maximum absolute atomic E-state index is 12.3. The van der Waals surface area contributed by atoms with Gasteiger partial charge in [-0.1, -0.05) is 128 Å². The molecule has 0 saturated carbocycles. The molecule has 0 fully saturated rings. The fourth-order valence-electron chi connectivity index (χ4n) is 4.53. The summed E-state index contributed by atoms with van der Waals surface area (Å²) in [6.07, 6.45) is 18.8. The highest BCUT2D eigenvalue weighted by atomic mass is 32.2. The molecule has 0 radical (unpaired) electrons. The number of unbranched alkanes of at least 4 members (excludes halogenated alkanes) is 12. The predicted octanol–water partition coefficient (Wildman–Crippen LogP) is 10.4. The smallest absolute Gasteiger partial charge is 0.382 e. The van der Waals surface area contributed by atoms with Gasteiger partial charge in [0, 0.05) is 12.4 Å². The zero-order valence-electron chi connectivity index (χ0n) is 24.8. The minimum atomic E-state index is -4.52. The van der Waals surface area contributed by atoms with Gasteiger partial charge < -0.3 is 13.8 Å². The summed E-state index contributed by atoms with van der Waals surface area (Å²) in [6, 6.07) is 10.4. The molecule has 226 valence electrons. The Morgan fingerprint density at radius 2 is 1.41 bits per heavy atom. The number of hydrogen-bond donors (Lipinski definition) is 1. The lowest BCUT2D eigenvalue weighted by Crippen LogP contribution is -2.17. The first-order chi connectivity index (χ1) is 18.9. The van der Waals surface area contributed by atoms with Crippen LogP contribution in [0.3, 0.4) is 0 Å². The molecule has 1 rings (SSSR count). The van der Waals surface area contributed by atoms with Crippen LogP contribution in [0.2, 0.25) is 0 Å². The lowest BCUT2D eigenvalue weighted by Gasteiger charge is -2.18. The quantitative estimate of drug-likeness (QED) is 0.0657.